The first-order valence-corrected chi connectivity index (χ1v) is 18.2. The summed E-state index contributed by atoms with van der Waals surface area (Å²) in [5, 5.41) is 45.1. The number of phenolic OH excluding ortho intramolecular Hbond substituents is 2. The Kier molecular flexibility index (Phi) is 9.66. The number of carbonyl (C=O) groups is 4. The van der Waals surface area contributed by atoms with Crippen LogP contribution in [0.2, 0.25) is 0 Å². The molecule has 20 heteroatoms. The van der Waals surface area contributed by atoms with E-state index in [0.717, 1.165) is 45.8 Å². The summed E-state index contributed by atoms with van der Waals surface area (Å²) >= 11 is 2.32. The van der Waals surface area contributed by atoms with E-state index >= 15 is 0 Å². The summed E-state index contributed by atoms with van der Waals surface area (Å²) < 4.78 is 1.38. The quantitative estimate of drug-likeness (QED) is 0.0547. The third-order valence-corrected chi connectivity index (χ3v) is 11.6. The molecule has 0 radical (unpaired) electrons. The fraction of sp³-hybridized carbons (Fsp3) is 0.438. The number of β-lactam (4-membered cyclic amide) rings is 1. The number of H-pyrrole nitrogens is 1. The summed E-state index contributed by atoms with van der Waals surface area (Å²) in [4.78, 5) is 89.4. The van der Waals surface area contributed by atoms with Gasteiger partial charge in [0, 0.05) is 47.0 Å². The van der Waals surface area contributed by atoms with E-state index in [1.807, 2.05) is 0 Å². The average Bonchev–Trinajstić information content (AvgIpc) is 3.73. The van der Waals surface area contributed by atoms with Crippen molar-refractivity contribution in [1.82, 2.24) is 24.8 Å². The Morgan fingerprint density at radius 2 is 1.87 bits per heavy atom. The lowest BCUT2D eigenvalue weighted by atomic mass is 9.94. The number of carboxylic acid groups (broad SMARTS) is 2. The van der Waals surface area contributed by atoms with Crippen molar-refractivity contribution < 1.29 is 44.1 Å². The molecule has 3 aliphatic rings. The molecule has 3 aromatic rings. The standard InChI is InChI=1S/C32H36N8O10S2/c1-32(2,29(48)49)14-34-21(18-13-52-30(33)35-18)24(43)37-22-26(45)39-23(28(46)47)15(12-51-27(22)39)11-40(6-3-4-7-40)8-5-38-25(44)16-9-19(41)20(42)10-17(16)36-31(38)50/h9-10,13,22,27H,3-8,11-12,14H2,1-2H3,(H7-,33,34,35,36,37,41,42,43,44,46,47,48,49,50)/t22-,27?/m1/s1. The van der Waals surface area contributed by atoms with Crippen molar-refractivity contribution in [3.63, 3.8) is 0 Å². The number of phenols is 2. The Morgan fingerprint density at radius 1 is 1.17 bits per heavy atom. The molecular weight excluding hydrogens is 721 g/mol. The van der Waals surface area contributed by atoms with E-state index in [4.69, 9.17) is 5.73 Å². The Bertz CT molecular complexity index is 2180. The highest BCUT2D eigenvalue weighted by Crippen LogP contribution is 2.41. The van der Waals surface area contributed by atoms with Crippen LogP contribution in [-0.2, 0) is 25.7 Å². The van der Waals surface area contributed by atoms with Gasteiger partial charge in [0.1, 0.15) is 35.1 Å². The fourth-order valence-corrected chi connectivity index (χ4v) is 8.57. The number of likely N-dealkylation sites (tertiary alicyclic amines) is 1. The number of aliphatic carboxylic acids is 2. The second kappa shape index (κ2) is 13.7. The molecule has 52 heavy (non-hydrogen) atoms. The van der Waals surface area contributed by atoms with E-state index in [-0.39, 0.29) is 58.5 Å². The number of aromatic hydroxyl groups is 2. The number of nitrogen functional groups attached to an aromatic ring is 1. The van der Waals surface area contributed by atoms with Crippen LogP contribution in [0.25, 0.3) is 10.9 Å². The van der Waals surface area contributed by atoms with Gasteiger partial charge in [0.15, 0.2) is 16.6 Å². The Balaban J connectivity index is 1.22. The number of benzene rings is 1. The summed E-state index contributed by atoms with van der Waals surface area (Å²) in [5.41, 5.74) is 3.23. The predicted molar refractivity (Wildman–Crippen MR) is 188 cm³/mol. The number of aromatic amines is 1. The average molecular weight is 757 g/mol. The number of carboxylic acids is 2. The smallest absolute Gasteiger partial charge is 0.352 e. The van der Waals surface area contributed by atoms with Crippen LogP contribution in [0.15, 0.2) is 43.4 Å². The van der Waals surface area contributed by atoms with Gasteiger partial charge in [0.05, 0.1) is 43.6 Å². The summed E-state index contributed by atoms with van der Waals surface area (Å²) in [6.07, 6.45) is 1.65. The third kappa shape index (κ3) is 6.75. The van der Waals surface area contributed by atoms with Gasteiger partial charge in [-0.25, -0.2) is 14.6 Å². The predicted octanol–water partition coefficient (Wildman–Crippen LogP) is -1.25. The molecule has 2 amide bonds. The molecule has 0 saturated carbocycles. The van der Waals surface area contributed by atoms with Gasteiger partial charge in [-0.3, -0.25) is 28.8 Å². The first-order chi connectivity index (χ1) is 24.5. The number of quaternary nitrogens is 1. The molecule has 6 rings (SSSR count). The molecule has 3 aliphatic heterocycles. The summed E-state index contributed by atoms with van der Waals surface area (Å²) in [5.74, 6) is -4.91. The zero-order chi connectivity index (χ0) is 37.7. The maximum Gasteiger partial charge on any atom is 0.352 e. The second-order valence-corrected chi connectivity index (χ2v) is 15.7. The van der Waals surface area contributed by atoms with Crippen LogP contribution >= 0.6 is 23.1 Å². The highest BCUT2D eigenvalue weighted by molar-refractivity contribution is 8.00. The molecule has 2 aromatic heterocycles. The lowest BCUT2D eigenvalue weighted by molar-refractivity contribution is -0.912. The fourth-order valence-electron chi connectivity index (χ4n) is 6.69. The van der Waals surface area contributed by atoms with E-state index in [9.17, 15) is 49.2 Å². The number of aromatic nitrogens is 3. The summed E-state index contributed by atoms with van der Waals surface area (Å²) in [6, 6.07) is 1.07. The van der Waals surface area contributed by atoms with Gasteiger partial charge in [0.25, 0.3) is 17.4 Å². The van der Waals surface area contributed by atoms with Crippen molar-refractivity contribution >= 4 is 68.6 Å². The molecule has 5 heterocycles. The highest BCUT2D eigenvalue weighted by Gasteiger charge is 2.55. The SMILES string of the molecule is CC(C)(CN=C(C(=O)N[C@@H]1C(=O)N2C(C(=O)O)=C(C[N+]3(CCn4c(=O)[nH]c5cc(O)c(O)cc5c4=O)CCCC3)CSC12)c1csc(N)n1)C(=O)[O-]. The Hall–Kier alpha value is -5.21. The Morgan fingerprint density at radius 3 is 2.50 bits per heavy atom. The normalized spacial score (nSPS) is 20.2. The maximum absolute atomic E-state index is 13.5. The number of nitrogens with one attached hydrogen (secondary N) is 2. The van der Waals surface area contributed by atoms with Crippen molar-refractivity contribution in [2.45, 2.75) is 44.6 Å². The zero-order valence-electron chi connectivity index (χ0n) is 28.1. The van der Waals surface area contributed by atoms with Crippen LogP contribution in [-0.4, -0.2) is 119 Å². The Labute approximate surface area is 302 Å². The number of thioether (sulfide) groups is 1. The van der Waals surface area contributed by atoms with Crippen LogP contribution in [0, 0.1) is 5.41 Å². The van der Waals surface area contributed by atoms with Crippen LogP contribution in [0.4, 0.5) is 5.13 Å². The molecule has 0 bridgehead atoms. The molecule has 0 aliphatic carbocycles. The van der Waals surface area contributed by atoms with Gasteiger partial charge < -0.3 is 45.7 Å². The molecule has 2 saturated heterocycles. The number of carbonyl (C=O) groups excluding carboxylic acids is 3. The van der Waals surface area contributed by atoms with E-state index in [1.165, 1.54) is 31.0 Å². The molecule has 276 valence electrons. The number of anilines is 1. The second-order valence-electron chi connectivity index (χ2n) is 13.7. The topological polar surface area (TPSA) is 273 Å². The third-order valence-electron chi connectivity index (χ3n) is 9.62. The minimum absolute atomic E-state index is 0.0113. The number of hydrogen-bond donors (Lipinski definition) is 6. The lowest BCUT2D eigenvalue weighted by Crippen LogP contribution is -2.71. The molecule has 2 fully saturated rings. The number of aliphatic imine (C=N–C) groups is 1. The van der Waals surface area contributed by atoms with E-state index in [0.29, 0.717) is 29.7 Å². The first kappa shape index (κ1) is 36.6. The molecule has 18 nitrogen and oxygen atoms in total. The summed E-state index contributed by atoms with van der Waals surface area (Å²) in [7, 11) is 0. The van der Waals surface area contributed by atoms with E-state index < -0.39 is 63.3 Å². The van der Waals surface area contributed by atoms with Gasteiger partial charge >= 0.3 is 11.7 Å². The number of fused-ring (bicyclic) bond motifs is 2. The number of nitrogens with zero attached hydrogens (tertiary/aromatic N) is 5. The van der Waals surface area contributed by atoms with Crippen molar-refractivity contribution in [2.75, 3.05) is 44.2 Å². The minimum Gasteiger partial charge on any atom is -0.550 e. The van der Waals surface area contributed by atoms with Gasteiger partial charge in [0.2, 0.25) is 0 Å². The molecule has 7 N–H and O–H groups in total. The van der Waals surface area contributed by atoms with Gasteiger partial charge in [-0.2, -0.15) is 0 Å². The first-order valence-electron chi connectivity index (χ1n) is 16.2. The maximum atomic E-state index is 13.5. The monoisotopic (exact) mass is 756 g/mol. The highest BCUT2D eigenvalue weighted by atomic mass is 32.2. The number of thiazole rings is 1. The molecule has 1 aromatic carbocycles. The largest absolute Gasteiger partial charge is 0.550 e. The number of hydrogen-bond acceptors (Lipinski definition) is 14. The van der Waals surface area contributed by atoms with E-state index in [2.05, 4.69) is 20.3 Å². The molecule has 2 atom stereocenters. The van der Waals surface area contributed by atoms with Gasteiger partial charge in [-0.15, -0.1) is 23.1 Å². The van der Waals surface area contributed by atoms with E-state index in [1.54, 1.807) is 0 Å². The van der Waals surface area contributed by atoms with Crippen LogP contribution in [0.3, 0.4) is 0 Å². The van der Waals surface area contributed by atoms with Gasteiger partial charge in [-0.05, 0) is 6.07 Å². The molecule has 1 unspecified atom stereocenters. The summed E-state index contributed by atoms with van der Waals surface area (Å²) in [6.45, 7) is 4.26. The zero-order valence-corrected chi connectivity index (χ0v) is 29.7. The molecule has 0 spiro atoms. The van der Waals surface area contributed by atoms with Crippen LogP contribution in [0.5, 0.6) is 11.5 Å². The number of rotatable bonds is 12. The van der Waals surface area contributed by atoms with Crippen LogP contribution in [0.1, 0.15) is 32.4 Å². The number of nitrogens with two attached hydrogens (primary N) is 1. The van der Waals surface area contributed by atoms with Crippen molar-refractivity contribution in [3.8, 4) is 11.5 Å². The minimum atomic E-state index is -1.42. The van der Waals surface area contributed by atoms with Crippen LogP contribution < -0.4 is 27.4 Å². The van der Waals surface area contributed by atoms with Crippen molar-refractivity contribution in [3.05, 3.63) is 55.3 Å². The molecular formula is C32H36N8O10S2. The van der Waals surface area contributed by atoms with Crippen molar-refractivity contribution in [1.29, 1.82) is 0 Å². The van der Waals surface area contributed by atoms with Crippen molar-refractivity contribution in [2.24, 2.45) is 10.4 Å². The lowest BCUT2D eigenvalue weighted by Gasteiger charge is -2.50. The van der Waals surface area contributed by atoms with Gasteiger partial charge in [-0.1, -0.05) is 13.8 Å². The number of amides is 2.